The molecule has 0 aromatic heterocycles. The van der Waals surface area contributed by atoms with Crippen molar-refractivity contribution in [2.45, 2.75) is 43.2 Å². The molecule has 0 saturated carbocycles. The number of phenolic OH excluding ortho intramolecular Hbond substituents is 1. The zero-order valence-corrected chi connectivity index (χ0v) is 17.8. The zero-order chi connectivity index (χ0) is 22.1. The number of nitrogens with zero attached hydrogens (tertiary/aromatic N) is 1. The Labute approximate surface area is 174 Å². The molecule has 2 aromatic rings. The molecular formula is C19H25N3O7S. The molecule has 1 saturated heterocycles. The van der Waals surface area contributed by atoms with E-state index < -0.39 is 31.5 Å². The van der Waals surface area contributed by atoms with Crippen LogP contribution in [0.1, 0.15) is 26.2 Å². The van der Waals surface area contributed by atoms with Gasteiger partial charge in [0.1, 0.15) is 16.3 Å². The van der Waals surface area contributed by atoms with E-state index in [1.54, 1.807) is 0 Å². The summed E-state index contributed by atoms with van der Waals surface area (Å²) in [6, 6.07) is 3.86. The molecule has 1 heterocycles. The number of para-hydroxylation sites is 1. The number of nitrogens with one attached hydrogen (secondary N) is 2. The second kappa shape index (κ2) is 8.72. The van der Waals surface area contributed by atoms with Crippen LogP contribution in [-0.2, 0) is 19.6 Å². The molecule has 0 radical (unpaired) electrons. The summed E-state index contributed by atoms with van der Waals surface area (Å²) in [6.45, 7) is 2.61. The van der Waals surface area contributed by atoms with Gasteiger partial charge in [-0.3, -0.25) is 14.4 Å². The molecule has 0 spiro atoms. The Morgan fingerprint density at radius 1 is 1.30 bits per heavy atom. The number of benzene rings is 1. The number of sulfonamides is 1. The molecule has 10 nitrogen and oxygen atoms in total. The van der Waals surface area contributed by atoms with Gasteiger partial charge in [-0.05, 0) is 31.4 Å². The van der Waals surface area contributed by atoms with E-state index >= 15 is 0 Å². The zero-order valence-electron chi connectivity index (χ0n) is 17.0. The van der Waals surface area contributed by atoms with Crippen LogP contribution >= 0.6 is 0 Å². The summed E-state index contributed by atoms with van der Waals surface area (Å²) in [5, 5.41) is 16.3. The van der Waals surface area contributed by atoms with Crippen LogP contribution in [0.3, 0.4) is 0 Å². The fourth-order valence-corrected chi connectivity index (χ4v) is 4.49. The Balaban J connectivity index is 1.90. The maximum Gasteiger partial charge on any atom is 0.268 e. The third-order valence-electron chi connectivity index (χ3n) is 5.23. The first-order chi connectivity index (χ1) is 14.2. The highest BCUT2D eigenvalue weighted by molar-refractivity contribution is 7.89. The van der Waals surface area contributed by atoms with E-state index in [1.165, 1.54) is 32.4 Å². The first kappa shape index (κ1) is 22.2. The van der Waals surface area contributed by atoms with Gasteiger partial charge in [-0.25, -0.2) is 8.42 Å². The van der Waals surface area contributed by atoms with Gasteiger partial charge in [0.15, 0.2) is 5.75 Å². The van der Waals surface area contributed by atoms with Gasteiger partial charge in [-0.1, -0.05) is 17.5 Å². The molecule has 164 valence electrons. The number of hydrogen-bond acceptors (Lipinski definition) is 9. The molecule has 1 fully saturated rings. The Kier molecular flexibility index (Phi) is 6.46. The lowest BCUT2D eigenvalue weighted by Crippen LogP contribution is -2.42. The molecule has 0 aliphatic carbocycles. The van der Waals surface area contributed by atoms with E-state index in [-0.39, 0.29) is 29.2 Å². The first-order valence-electron chi connectivity index (χ1n) is 9.55. The largest absolute Gasteiger partial charge is 0.504 e. The van der Waals surface area contributed by atoms with Gasteiger partial charge in [0.05, 0.1) is 24.9 Å². The van der Waals surface area contributed by atoms with Crippen molar-refractivity contribution in [3.8, 4) is 5.75 Å². The van der Waals surface area contributed by atoms with Gasteiger partial charge >= 0.3 is 0 Å². The summed E-state index contributed by atoms with van der Waals surface area (Å²) >= 11 is 0. The molecule has 11 heteroatoms. The number of phenols is 1. The van der Waals surface area contributed by atoms with E-state index in [0.717, 1.165) is 12.8 Å². The lowest BCUT2D eigenvalue weighted by Gasteiger charge is -2.26. The van der Waals surface area contributed by atoms with Crippen LogP contribution in [0.15, 0.2) is 32.7 Å². The molecule has 3 N–H and O–H groups in total. The normalized spacial score (nSPS) is 18.1. The minimum atomic E-state index is -4.12. The van der Waals surface area contributed by atoms with Gasteiger partial charge in [-0.15, -0.1) is 0 Å². The molecular weight excluding hydrogens is 414 g/mol. The van der Waals surface area contributed by atoms with Crippen molar-refractivity contribution in [1.29, 1.82) is 0 Å². The fraction of sp³-hybridized carbons (Fsp3) is 0.474. The Bertz CT molecular complexity index is 1090. The van der Waals surface area contributed by atoms with Crippen LogP contribution in [0.5, 0.6) is 5.75 Å². The summed E-state index contributed by atoms with van der Waals surface area (Å²) in [4.78, 5) is 28.6. The van der Waals surface area contributed by atoms with E-state index in [4.69, 9.17) is 9.57 Å². The maximum absolute atomic E-state index is 12.5. The van der Waals surface area contributed by atoms with Gasteiger partial charge in [0.2, 0.25) is 0 Å². The van der Waals surface area contributed by atoms with Crippen LogP contribution in [0, 0.1) is 0 Å². The first-order valence-corrected chi connectivity index (χ1v) is 11.0. The number of aromatic hydroxyl groups is 1. The summed E-state index contributed by atoms with van der Waals surface area (Å²) in [7, 11) is -1.76. The number of hydroxylamine groups is 1. The van der Waals surface area contributed by atoms with E-state index in [2.05, 4.69) is 10.6 Å². The molecule has 2 aromatic carbocycles. The minimum absolute atomic E-state index is 0.0265. The van der Waals surface area contributed by atoms with Crippen LogP contribution in [0.2, 0.25) is 0 Å². The topological polar surface area (TPSA) is 134 Å². The molecule has 0 bridgehead atoms. The second-order valence-electron chi connectivity index (χ2n) is 6.99. The predicted molar refractivity (Wildman–Crippen MR) is 111 cm³/mol. The van der Waals surface area contributed by atoms with Crippen LogP contribution in [-0.4, -0.2) is 50.9 Å². The number of anilines is 3. The van der Waals surface area contributed by atoms with E-state index in [9.17, 15) is 23.1 Å². The van der Waals surface area contributed by atoms with Gasteiger partial charge in [0, 0.05) is 13.7 Å². The van der Waals surface area contributed by atoms with Gasteiger partial charge in [0.25, 0.3) is 20.9 Å². The molecule has 30 heavy (non-hydrogen) atoms. The van der Waals surface area contributed by atoms with Crippen LogP contribution in [0.25, 0.3) is 0 Å². The third kappa shape index (κ3) is 3.93. The van der Waals surface area contributed by atoms with Crippen LogP contribution in [0.4, 0.5) is 17.1 Å². The SMILES string of the molecule is CC[C@@H](Nc1c(Nc2cccc(S(=O)(=O)N(C)OC)c2O)c(=O)c1=O)[C@@H]1CCCO1. The van der Waals surface area contributed by atoms with Crippen molar-refractivity contribution in [3.63, 3.8) is 0 Å². The van der Waals surface area contributed by atoms with E-state index in [1.807, 2.05) is 6.92 Å². The number of hydrogen-bond donors (Lipinski definition) is 3. The summed E-state index contributed by atoms with van der Waals surface area (Å²) in [6.07, 6.45) is 2.42. The minimum Gasteiger partial charge on any atom is -0.504 e. The number of rotatable bonds is 9. The highest BCUT2D eigenvalue weighted by atomic mass is 32.2. The van der Waals surface area contributed by atoms with Crippen molar-refractivity contribution >= 4 is 27.1 Å². The maximum atomic E-state index is 12.5. The lowest BCUT2D eigenvalue weighted by atomic mass is 10.0. The van der Waals surface area contributed by atoms with Crippen molar-refractivity contribution < 1.29 is 23.1 Å². The summed E-state index contributed by atoms with van der Waals surface area (Å²) in [5.41, 5.74) is -1.37. The van der Waals surface area contributed by atoms with Crippen molar-refractivity contribution in [3.05, 3.63) is 38.6 Å². The molecule has 2 atom stereocenters. The third-order valence-corrected chi connectivity index (χ3v) is 6.94. The molecule has 3 rings (SSSR count). The van der Waals surface area contributed by atoms with E-state index in [0.29, 0.717) is 17.5 Å². The van der Waals surface area contributed by atoms with Gasteiger partial charge in [-0.2, -0.15) is 0 Å². The van der Waals surface area contributed by atoms with Crippen molar-refractivity contribution in [1.82, 2.24) is 4.47 Å². The highest BCUT2D eigenvalue weighted by Gasteiger charge is 2.31. The van der Waals surface area contributed by atoms with Gasteiger partial charge < -0.3 is 20.5 Å². The average molecular weight is 439 g/mol. The quantitative estimate of drug-likeness (QED) is 0.300. The number of ether oxygens (including phenoxy) is 1. The molecule has 0 unspecified atom stereocenters. The molecule has 0 amide bonds. The second-order valence-corrected chi connectivity index (χ2v) is 8.90. The highest BCUT2D eigenvalue weighted by Crippen LogP contribution is 2.35. The Hall–Kier alpha value is -2.47. The van der Waals surface area contributed by atoms with Crippen molar-refractivity contribution in [2.75, 3.05) is 31.4 Å². The molecule has 1 aliphatic heterocycles. The Morgan fingerprint density at radius 3 is 2.60 bits per heavy atom. The fourth-order valence-electron chi connectivity index (χ4n) is 3.41. The summed E-state index contributed by atoms with van der Waals surface area (Å²) in [5.74, 6) is -0.591. The predicted octanol–water partition coefficient (Wildman–Crippen LogP) is 1.28. The average Bonchev–Trinajstić information content (AvgIpc) is 3.27. The van der Waals surface area contributed by atoms with Crippen LogP contribution < -0.4 is 21.5 Å². The monoisotopic (exact) mass is 439 g/mol. The molecule has 1 aliphatic rings. The summed E-state index contributed by atoms with van der Waals surface area (Å²) < 4.78 is 31.2. The standard InChI is InChI=1S/C19H25N3O7S/c1-4-11(13-8-6-10-29-13)20-15-16(19(25)18(15)24)21-12-7-5-9-14(17(12)23)30(26,27)22(2)28-3/h5,7,9,11,13,20-21,23H,4,6,8,10H2,1-3H3/t11-,13+/m1/s1. The Morgan fingerprint density at radius 2 is 2.00 bits per heavy atom. The smallest absolute Gasteiger partial charge is 0.268 e. The lowest BCUT2D eigenvalue weighted by molar-refractivity contribution is -0.0259. The van der Waals surface area contributed by atoms with Crippen molar-refractivity contribution in [2.24, 2.45) is 0 Å².